The van der Waals surface area contributed by atoms with Gasteiger partial charge in [-0.15, -0.1) is 0 Å². The molecule has 2 amide bonds. The number of benzene rings is 1. The van der Waals surface area contributed by atoms with E-state index in [1.165, 1.54) is 17.0 Å². The Labute approximate surface area is 163 Å². The molecule has 6 nitrogen and oxygen atoms in total. The van der Waals surface area contributed by atoms with E-state index in [1.54, 1.807) is 0 Å². The first-order valence-electron chi connectivity index (χ1n) is 9.12. The third-order valence-electron chi connectivity index (χ3n) is 5.20. The molecule has 0 fully saturated rings. The van der Waals surface area contributed by atoms with Gasteiger partial charge in [-0.05, 0) is 24.6 Å². The first-order valence-corrected chi connectivity index (χ1v) is 9.12. The van der Waals surface area contributed by atoms with Crippen molar-refractivity contribution in [2.75, 3.05) is 11.9 Å². The third-order valence-corrected chi connectivity index (χ3v) is 5.20. The molecule has 1 aromatic heterocycles. The molecule has 1 atom stereocenters. The Bertz CT molecular complexity index is 1010. The summed E-state index contributed by atoms with van der Waals surface area (Å²) in [5, 5.41) is 6.73. The molecule has 0 saturated carbocycles. The summed E-state index contributed by atoms with van der Waals surface area (Å²) in [4.78, 5) is 17.0. The van der Waals surface area contributed by atoms with Gasteiger partial charge in [0.05, 0.1) is 25.4 Å². The number of amides is 2. The third kappa shape index (κ3) is 3.52. The summed E-state index contributed by atoms with van der Waals surface area (Å²) in [5.41, 5.74) is 0.391. The van der Waals surface area contributed by atoms with Gasteiger partial charge in [-0.25, -0.2) is 18.4 Å². The molecule has 0 bridgehead atoms. The van der Waals surface area contributed by atoms with Crippen LogP contribution in [0.2, 0.25) is 0 Å². The van der Waals surface area contributed by atoms with E-state index < -0.39 is 30.4 Å². The minimum Gasteiger partial charge on any atom is -0.320 e. The second kappa shape index (κ2) is 7.06. The maximum Gasteiger partial charge on any atom is 0.322 e. The molecular weight excluding hydrogens is 390 g/mol. The molecule has 0 aliphatic carbocycles. The summed E-state index contributed by atoms with van der Waals surface area (Å²) in [7, 11) is 0. The van der Waals surface area contributed by atoms with Crippen LogP contribution in [0.1, 0.15) is 29.8 Å². The monoisotopic (exact) mass is 407 g/mol. The minimum atomic E-state index is -3.22. The molecular formula is C19H17F4N5O. The highest BCUT2D eigenvalue weighted by atomic mass is 19.3. The lowest BCUT2D eigenvalue weighted by Crippen LogP contribution is -2.39. The predicted octanol–water partition coefficient (Wildman–Crippen LogP) is 4.39. The average Bonchev–Trinajstić information content (AvgIpc) is 3.00. The Balaban J connectivity index is 1.57. The molecule has 0 radical (unpaired) electrons. The number of rotatable bonds is 1. The molecule has 2 aliphatic rings. The maximum absolute atomic E-state index is 14.6. The Kier molecular flexibility index (Phi) is 4.68. The number of carbonyl (C=O) groups is 1. The van der Waals surface area contributed by atoms with Crippen molar-refractivity contribution < 1.29 is 22.4 Å². The van der Waals surface area contributed by atoms with E-state index in [2.05, 4.69) is 15.3 Å². The number of nitrogens with one attached hydrogen (secondary N) is 1. The molecule has 2 aromatic rings. The highest BCUT2D eigenvalue weighted by Crippen LogP contribution is 2.41. The molecule has 0 saturated heterocycles. The van der Waals surface area contributed by atoms with Crippen LogP contribution in [0.5, 0.6) is 0 Å². The van der Waals surface area contributed by atoms with Gasteiger partial charge in [0, 0.05) is 30.6 Å². The predicted molar refractivity (Wildman–Crippen MR) is 96.0 cm³/mol. The van der Waals surface area contributed by atoms with Gasteiger partial charge in [-0.2, -0.15) is 13.9 Å². The Morgan fingerprint density at radius 1 is 1.38 bits per heavy atom. The van der Waals surface area contributed by atoms with Gasteiger partial charge in [-0.3, -0.25) is 4.68 Å². The lowest BCUT2D eigenvalue weighted by Gasteiger charge is -2.28. The summed E-state index contributed by atoms with van der Waals surface area (Å²) in [6.45, 7) is 6.88. The van der Waals surface area contributed by atoms with Crippen molar-refractivity contribution in [3.8, 4) is 0 Å². The van der Waals surface area contributed by atoms with Crippen LogP contribution >= 0.6 is 0 Å². The summed E-state index contributed by atoms with van der Waals surface area (Å²) < 4.78 is 57.6. The fraction of sp³-hybridized carbons (Fsp3) is 0.421. The van der Waals surface area contributed by atoms with Crippen LogP contribution in [0, 0.1) is 12.4 Å². The van der Waals surface area contributed by atoms with Gasteiger partial charge in [0.1, 0.15) is 17.7 Å². The van der Waals surface area contributed by atoms with Gasteiger partial charge in [0.2, 0.25) is 5.69 Å². The number of hydrogen-bond acceptors (Lipinski definition) is 2. The van der Waals surface area contributed by atoms with Gasteiger partial charge in [-0.1, -0.05) is 0 Å². The zero-order chi connectivity index (χ0) is 20.8. The molecule has 0 unspecified atom stereocenters. The van der Waals surface area contributed by atoms with E-state index in [0.29, 0.717) is 5.69 Å². The molecule has 1 N–H and O–H groups in total. The zero-order valence-electron chi connectivity index (χ0n) is 15.3. The highest BCUT2D eigenvalue weighted by molar-refractivity contribution is 5.90. The Morgan fingerprint density at radius 2 is 2.17 bits per heavy atom. The average molecular weight is 407 g/mol. The van der Waals surface area contributed by atoms with Crippen LogP contribution < -0.4 is 5.32 Å². The summed E-state index contributed by atoms with van der Waals surface area (Å²) in [6.07, 6.45) is -1.97. The minimum absolute atomic E-state index is 0.0834. The molecule has 1 aromatic carbocycles. The van der Waals surface area contributed by atoms with E-state index in [1.807, 2.05) is 0 Å². The molecule has 4 rings (SSSR count). The van der Waals surface area contributed by atoms with Gasteiger partial charge >= 0.3 is 6.03 Å². The summed E-state index contributed by atoms with van der Waals surface area (Å²) in [5.74, 6) is -3.92. The number of hydrogen-bond donors (Lipinski definition) is 1. The van der Waals surface area contributed by atoms with Gasteiger partial charge in [0.25, 0.3) is 5.92 Å². The number of nitrogens with zero attached hydrogens (tertiary/aromatic N) is 4. The SMILES string of the molecule is [C-]#[N+]c1cc(NC(=O)N2CCc3nn4c(c3C2)C(F)(F)CC[C@@H](F)C4)ccc1F. The van der Waals surface area contributed by atoms with Gasteiger partial charge < -0.3 is 10.2 Å². The van der Waals surface area contributed by atoms with Gasteiger partial charge in [0.15, 0.2) is 0 Å². The molecule has 10 heteroatoms. The number of halogens is 4. The largest absolute Gasteiger partial charge is 0.322 e. The van der Waals surface area contributed by atoms with Crippen molar-refractivity contribution in [1.82, 2.24) is 14.7 Å². The smallest absolute Gasteiger partial charge is 0.320 e. The number of anilines is 1. The topological polar surface area (TPSA) is 54.5 Å². The Hall–Kier alpha value is -3.09. The van der Waals surface area contributed by atoms with E-state index in [-0.39, 0.29) is 55.1 Å². The molecule has 3 heterocycles. The van der Waals surface area contributed by atoms with E-state index >= 15 is 0 Å². The lowest BCUT2D eigenvalue weighted by atomic mass is 10.00. The van der Waals surface area contributed by atoms with Crippen molar-refractivity contribution in [2.45, 2.75) is 44.4 Å². The van der Waals surface area contributed by atoms with E-state index in [9.17, 15) is 22.4 Å². The molecule has 152 valence electrons. The van der Waals surface area contributed by atoms with Crippen molar-refractivity contribution >= 4 is 17.4 Å². The normalized spacial score (nSPS) is 20.2. The van der Waals surface area contributed by atoms with E-state index in [0.717, 1.165) is 10.7 Å². The highest BCUT2D eigenvalue weighted by Gasteiger charge is 2.43. The molecule has 2 aliphatic heterocycles. The molecule has 29 heavy (non-hydrogen) atoms. The lowest BCUT2D eigenvalue weighted by molar-refractivity contribution is -0.0224. The van der Waals surface area contributed by atoms with Crippen LogP contribution in [-0.4, -0.2) is 33.4 Å². The van der Waals surface area contributed by atoms with Crippen LogP contribution in [0.3, 0.4) is 0 Å². The van der Waals surface area contributed by atoms with Crippen LogP contribution in [0.4, 0.5) is 33.7 Å². The summed E-state index contributed by atoms with van der Waals surface area (Å²) in [6, 6.07) is 3.04. The van der Waals surface area contributed by atoms with Crippen LogP contribution in [0.15, 0.2) is 18.2 Å². The second-order valence-electron chi connectivity index (χ2n) is 7.18. The first-order chi connectivity index (χ1) is 13.8. The van der Waals surface area contributed by atoms with E-state index in [4.69, 9.17) is 6.57 Å². The maximum atomic E-state index is 14.6. The Morgan fingerprint density at radius 3 is 2.93 bits per heavy atom. The van der Waals surface area contributed by atoms with Crippen LogP contribution in [0.25, 0.3) is 4.85 Å². The first kappa shape index (κ1) is 19.2. The quantitative estimate of drug-likeness (QED) is 0.563. The van der Waals surface area contributed by atoms with Crippen LogP contribution in [-0.2, 0) is 25.4 Å². The summed E-state index contributed by atoms with van der Waals surface area (Å²) >= 11 is 0. The fourth-order valence-corrected chi connectivity index (χ4v) is 3.76. The molecule has 0 spiro atoms. The van der Waals surface area contributed by atoms with Crippen molar-refractivity contribution in [1.29, 1.82) is 0 Å². The second-order valence-corrected chi connectivity index (χ2v) is 7.18. The fourth-order valence-electron chi connectivity index (χ4n) is 3.76. The number of urea groups is 1. The van der Waals surface area contributed by atoms with Crippen molar-refractivity contribution in [3.63, 3.8) is 0 Å². The van der Waals surface area contributed by atoms with Crippen molar-refractivity contribution in [2.24, 2.45) is 0 Å². The zero-order valence-corrected chi connectivity index (χ0v) is 15.3. The van der Waals surface area contributed by atoms with Crippen molar-refractivity contribution in [3.05, 3.63) is 52.4 Å². The number of fused-ring (bicyclic) bond motifs is 3. The number of carbonyl (C=O) groups excluding carboxylic acids is 1. The standard InChI is InChI=1S/C19H17F4N5O/c1-24-16-8-12(2-3-14(16)21)25-18(29)27-7-5-15-13(10-27)17-19(22,23)6-4-11(20)9-28(17)26-15/h2-3,8,11H,4-7,9-10H2,(H,25,29)/t11-/m1/s1. The number of alkyl halides is 3. The number of aromatic nitrogens is 2.